The van der Waals surface area contributed by atoms with Gasteiger partial charge in [0.2, 0.25) is 5.72 Å². The zero-order valence-electron chi connectivity index (χ0n) is 10.6. The molecule has 2 aromatic rings. The van der Waals surface area contributed by atoms with E-state index in [2.05, 4.69) is 5.32 Å². The van der Waals surface area contributed by atoms with Crippen LogP contribution < -0.4 is 10.1 Å². The standard InChI is InChI=1S/C15H11Cl2NO2/c1-15(9-6-7-11(16)12(17)8-9)18-14(19)10-4-2-3-5-13(10)20-15/h2-8H,1H3,(H,18,19). The van der Waals surface area contributed by atoms with Crippen LogP contribution in [0.4, 0.5) is 0 Å². The van der Waals surface area contributed by atoms with Crippen molar-refractivity contribution in [3.63, 3.8) is 0 Å². The quantitative estimate of drug-likeness (QED) is 0.865. The van der Waals surface area contributed by atoms with Gasteiger partial charge in [0.25, 0.3) is 5.91 Å². The van der Waals surface area contributed by atoms with Gasteiger partial charge in [0, 0.05) is 5.56 Å². The number of nitrogens with one attached hydrogen (secondary N) is 1. The summed E-state index contributed by atoms with van der Waals surface area (Å²) in [6, 6.07) is 12.3. The van der Waals surface area contributed by atoms with Crippen LogP contribution in [-0.2, 0) is 5.72 Å². The summed E-state index contributed by atoms with van der Waals surface area (Å²) in [4.78, 5) is 12.2. The summed E-state index contributed by atoms with van der Waals surface area (Å²) >= 11 is 11.9. The molecule has 1 heterocycles. The zero-order valence-corrected chi connectivity index (χ0v) is 12.1. The average molecular weight is 308 g/mol. The minimum absolute atomic E-state index is 0.180. The van der Waals surface area contributed by atoms with Crippen LogP contribution in [0.2, 0.25) is 10.0 Å². The summed E-state index contributed by atoms with van der Waals surface area (Å²) in [7, 11) is 0. The number of para-hydroxylation sites is 1. The lowest BCUT2D eigenvalue weighted by Gasteiger charge is -2.36. The number of benzene rings is 2. The number of ether oxygens (including phenoxy) is 1. The molecule has 20 heavy (non-hydrogen) atoms. The normalized spacial score (nSPS) is 20.9. The second kappa shape index (κ2) is 4.69. The van der Waals surface area contributed by atoms with Crippen LogP contribution in [-0.4, -0.2) is 5.91 Å². The molecule has 1 aliphatic heterocycles. The van der Waals surface area contributed by atoms with Crippen molar-refractivity contribution in [3.8, 4) is 5.75 Å². The van der Waals surface area contributed by atoms with Gasteiger partial charge in [-0.05, 0) is 31.2 Å². The van der Waals surface area contributed by atoms with Crippen LogP contribution in [0.25, 0.3) is 0 Å². The molecule has 0 saturated heterocycles. The van der Waals surface area contributed by atoms with Crippen LogP contribution >= 0.6 is 23.2 Å². The number of fused-ring (bicyclic) bond motifs is 1. The van der Waals surface area contributed by atoms with Crippen LogP contribution in [0.5, 0.6) is 5.75 Å². The predicted octanol–water partition coefficient (Wildman–Crippen LogP) is 3.99. The Kier molecular flexibility index (Phi) is 3.11. The Morgan fingerprint density at radius 1 is 1.10 bits per heavy atom. The fourth-order valence-corrected chi connectivity index (χ4v) is 2.49. The van der Waals surface area contributed by atoms with Gasteiger partial charge in [-0.25, -0.2) is 0 Å². The van der Waals surface area contributed by atoms with E-state index in [1.165, 1.54) is 0 Å². The van der Waals surface area contributed by atoms with Crippen molar-refractivity contribution in [3.05, 3.63) is 63.6 Å². The highest BCUT2D eigenvalue weighted by Crippen LogP contribution is 2.35. The molecule has 3 rings (SSSR count). The summed E-state index contributed by atoms with van der Waals surface area (Å²) in [5.41, 5.74) is 0.277. The molecule has 0 aliphatic carbocycles. The molecule has 1 atom stereocenters. The van der Waals surface area contributed by atoms with Crippen molar-refractivity contribution < 1.29 is 9.53 Å². The molecular weight excluding hydrogens is 297 g/mol. The van der Waals surface area contributed by atoms with Gasteiger partial charge in [0.15, 0.2) is 0 Å². The van der Waals surface area contributed by atoms with Gasteiger partial charge in [-0.3, -0.25) is 4.79 Å². The molecule has 0 fully saturated rings. The molecule has 3 nitrogen and oxygen atoms in total. The molecule has 0 bridgehead atoms. The van der Waals surface area contributed by atoms with Crippen molar-refractivity contribution in [2.75, 3.05) is 0 Å². The molecule has 0 radical (unpaired) electrons. The molecule has 1 amide bonds. The van der Waals surface area contributed by atoms with Crippen LogP contribution in [0.1, 0.15) is 22.8 Å². The maximum atomic E-state index is 12.2. The lowest BCUT2D eigenvalue weighted by molar-refractivity contribution is 0.0289. The first kappa shape index (κ1) is 13.3. The number of hydrogen-bond acceptors (Lipinski definition) is 2. The Morgan fingerprint density at radius 2 is 1.85 bits per heavy atom. The van der Waals surface area contributed by atoms with Crippen molar-refractivity contribution in [2.45, 2.75) is 12.6 Å². The van der Waals surface area contributed by atoms with Gasteiger partial charge in [0.1, 0.15) is 5.75 Å². The first-order valence-corrected chi connectivity index (χ1v) is 6.81. The lowest BCUT2D eigenvalue weighted by atomic mass is 10.0. The number of amides is 1. The summed E-state index contributed by atoms with van der Waals surface area (Å²) in [6.07, 6.45) is 0. The highest BCUT2D eigenvalue weighted by molar-refractivity contribution is 6.42. The first-order chi connectivity index (χ1) is 9.49. The predicted molar refractivity (Wildman–Crippen MR) is 78.4 cm³/mol. The third kappa shape index (κ3) is 2.13. The van der Waals surface area contributed by atoms with Crippen LogP contribution in [0, 0.1) is 0 Å². The van der Waals surface area contributed by atoms with Crippen molar-refractivity contribution >= 4 is 29.1 Å². The Hall–Kier alpha value is -1.71. The maximum absolute atomic E-state index is 12.2. The van der Waals surface area contributed by atoms with Crippen LogP contribution in [0.15, 0.2) is 42.5 Å². The summed E-state index contributed by atoms with van der Waals surface area (Å²) in [6.45, 7) is 1.78. The fraction of sp³-hybridized carbons (Fsp3) is 0.133. The Balaban J connectivity index is 2.06. The zero-order chi connectivity index (χ0) is 14.3. The molecule has 0 spiro atoms. The Bertz CT molecular complexity index is 702. The summed E-state index contributed by atoms with van der Waals surface area (Å²) < 4.78 is 5.94. The third-order valence-corrected chi connectivity index (χ3v) is 4.01. The van der Waals surface area contributed by atoms with Gasteiger partial charge in [-0.2, -0.15) is 0 Å². The van der Waals surface area contributed by atoms with Gasteiger partial charge in [-0.15, -0.1) is 0 Å². The monoisotopic (exact) mass is 307 g/mol. The molecule has 1 unspecified atom stereocenters. The minimum atomic E-state index is -0.973. The number of carbonyl (C=O) groups is 1. The van der Waals surface area contributed by atoms with Crippen molar-refractivity contribution in [1.29, 1.82) is 0 Å². The SMILES string of the molecule is CC1(c2ccc(Cl)c(Cl)c2)NC(=O)c2ccccc2O1. The lowest BCUT2D eigenvalue weighted by Crippen LogP contribution is -2.51. The van der Waals surface area contributed by atoms with E-state index in [-0.39, 0.29) is 5.91 Å². The van der Waals surface area contributed by atoms with E-state index < -0.39 is 5.72 Å². The van der Waals surface area contributed by atoms with E-state index in [4.69, 9.17) is 27.9 Å². The molecule has 1 aliphatic rings. The second-order valence-corrected chi connectivity index (χ2v) is 5.53. The number of hydrogen-bond donors (Lipinski definition) is 1. The molecule has 5 heteroatoms. The van der Waals surface area contributed by atoms with E-state index >= 15 is 0 Å². The minimum Gasteiger partial charge on any atom is -0.463 e. The van der Waals surface area contributed by atoms with Gasteiger partial charge >= 0.3 is 0 Å². The fourth-order valence-electron chi connectivity index (χ4n) is 2.20. The number of carbonyl (C=O) groups excluding carboxylic acids is 1. The van der Waals surface area contributed by atoms with E-state index in [1.54, 1.807) is 43.3 Å². The molecule has 102 valence electrons. The van der Waals surface area contributed by atoms with E-state index in [1.807, 2.05) is 6.07 Å². The molecular formula is C15H11Cl2NO2. The summed E-state index contributed by atoms with van der Waals surface area (Å²) in [5, 5.41) is 3.73. The second-order valence-electron chi connectivity index (χ2n) is 4.71. The van der Waals surface area contributed by atoms with E-state index in [0.717, 1.165) is 5.56 Å². The Labute approximate surface area is 126 Å². The Morgan fingerprint density at radius 3 is 2.60 bits per heavy atom. The topological polar surface area (TPSA) is 38.3 Å². The number of rotatable bonds is 1. The van der Waals surface area contributed by atoms with Crippen LogP contribution in [0.3, 0.4) is 0 Å². The van der Waals surface area contributed by atoms with E-state index in [9.17, 15) is 4.79 Å². The maximum Gasteiger partial charge on any atom is 0.258 e. The third-order valence-electron chi connectivity index (χ3n) is 3.27. The molecule has 2 aromatic carbocycles. The highest BCUT2D eigenvalue weighted by atomic mass is 35.5. The van der Waals surface area contributed by atoms with E-state index in [0.29, 0.717) is 21.4 Å². The van der Waals surface area contributed by atoms with Crippen molar-refractivity contribution in [2.24, 2.45) is 0 Å². The molecule has 0 aromatic heterocycles. The van der Waals surface area contributed by atoms with Gasteiger partial charge in [-0.1, -0.05) is 41.4 Å². The van der Waals surface area contributed by atoms with Crippen molar-refractivity contribution in [1.82, 2.24) is 5.32 Å². The molecule has 0 saturated carbocycles. The smallest absolute Gasteiger partial charge is 0.258 e. The van der Waals surface area contributed by atoms with Gasteiger partial charge in [0.05, 0.1) is 15.6 Å². The van der Waals surface area contributed by atoms with Gasteiger partial charge < -0.3 is 10.1 Å². The highest BCUT2D eigenvalue weighted by Gasteiger charge is 2.37. The average Bonchev–Trinajstić information content (AvgIpc) is 2.41. The number of halogens is 2. The first-order valence-electron chi connectivity index (χ1n) is 6.06. The largest absolute Gasteiger partial charge is 0.463 e. The molecule has 1 N–H and O–H groups in total. The summed E-state index contributed by atoms with van der Waals surface area (Å²) in [5.74, 6) is 0.366.